The SMILES string of the molecule is OC[C@@H]1O[C@H](n2cnc3c(Cl)ncnc32)C(O)[C@@H]1O. The van der Waals surface area contributed by atoms with Gasteiger partial charge in [-0.2, -0.15) is 0 Å². The van der Waals surface area contributed by atoms with Crippen LogP contribution in [0.5, 0.6) is 0 Å². The van der Waals surface area contributed by atoms with Gasteiger partial charge in [0, 0.05) is 0 Å². The van der Waals surface area contributed by atoms with E-state index in [1.165, 1.54) is 17.2 Å². The topological polar surface area (TPSA) is 114 Å². The summed E-state index contributed by atoms with van der Waals surface area (Å²) in [5.41, 5.74) is 0.761. The van der Waals surface area contributed by atoms with E-state index in [1.807, 2.05) is 0 Å². The third kappa shape index (κ3) is 1.88. The molecule has 0 spiro atoms. The van der Waals surface area contributed by atoms with Crippen molar-refractivity contribution in [3.8, 4) is 0 Å². The van der Waals surface area contributed by atoms with E-state index in [9.17, 15) is 10.2 Å². The lowest BCUT2D eigenvalue weighted by Gasteiger charge is -2.16. The predicted molar refractivity (Wildman–Crippen MR) is 63.3 cm³/mol. The molecular weight excluding hydrogens is 276 g/mol. The molecule has 1 saturated heterocycles. The number of hydrogen-bond acceptors (Lipinski definition) is 7. The van der Waals surface area contributed by atoms with Crippen LogP contribution in [0.3, 0.4) is 0 Å². The molecule has 3 rings (SSSR count). The van der Waals surface area contributed by atoms with E-state index < -0.39 is 31.1 Å². The summed E-state index contributed by atoms with van der Waals surface area (Å²) in [6.07, 6.45) is -1.44. The number of hydrogen-bond donors (Lipinski definition) is 3. The van der Waals surface area contributed by atoms with E-state index in [-0.39, 0.29) is 5.15 Å². The molecule has 19 heavy (non-hydrogen) atoms. The molecule has 9 heteroatoms. The second-order valence-electron chi connectivity index (χ2n) is 4.22. The molecule has 2 aromatic heterocycles. The van der Waals surface area contributed by atoms with Gasteiger partial charge in [0.2, 0.25) is 0 Å². The zero-order chi connectivity index (χ0) is 13.6. The average molecular weight is 287 g/mol. The fraction of sp³-hybridized carbons (Fsp3) is 0.500. The zero-order valence-corrected chi connectivity index (χ0v) is 10.3. The summed E-state index contributed by atoms with van der Waals surface area (Å²) in [6.45, 7) is -0.392. The summed E-state index contributed by atoms with van der Waals surface area (Å²) in [4.78, 5) is 11.9. The van der Waals surface area contributed by atoms with Crippen molar-refractivity contribution in [2.75, 3.05) is 6.61 Å². The number of halogens is 1. The Morgan fingerprint density at radius 3 is 2.74 bits per heavy atom. The van der Waals surface area contributed by atoms with Gasteiger partial charge in [-0.3, -0.25) is 4.57 Å². The Balaban J connectivity index is 2.04. The maximum absolute atomic E-state index is 9.95. The summed E-state index contributed by atoms with van der Waals surface area (Å²) < 4.78 is 6.85. The first-order valence-electron chi connectivity index (χ1n) is 5.59. The lowest BCUT2D eigenvalue weighted by molar-refractivity contribution is -0.0511. The number of ether oxygens (including phenoxy) is 1. The minimum atomic E-state index is -1.19. The van der Waals surface area contributed by atoms with E-state index >= 15 is 0 Å². The molecule has 0 saturated carbocycles. The summed E-state index contributed by atoms with van der Waals surface area (Å²) >= 11 is 5.88. The molecule has 4 atom stereocenters. The first-order chi connectivity index (χ1) is 9.13. The van der Waals surface area contributed by atoms with Gasteiger partial charge in [-0.25, -0.2) is 15.0 Å². The van der Waals surface area contributed by atoms with E-state index in [1.54, 1.807) is 0 Å². The third-order valence-electron chi connectivity index (χ3n) is 3.11. The van der Waals surface area contributed by atoms with Gasteiger partial charge in [-0.15, -0.1) is 0 Å². The zero-order valence-electron chi connectivity index (χ0n) is 9.59. The van der Waals surface area contributed by atoms with Gasteiger partial charge in [0.15, 0.2) is 17.0 Å². The monoisotopic (exact) mass is 286 g/mol. The molecule has 1 aliphatic heterocycles. The highest BCUT2D eigenvalue weighted by Crippen LogP contribution is 2.31. The minimum Gasteiger partial charge on any atom is -0.394 e. The van der Waals surface area contributed by atoms with Crippen LogP contribution in [0.25, 0.3) is 11.2 Å². The van der Waals surface area contributed by atoms with Crippen molar-refractivity contribution in [3.05, 3.63) is 17.8 Å². The van der Waals surface area contributed by atoms with E-state index in [0.717, 1.165) is 0 Å². The van der Waals surface area contributed by atoms with Crippen LogP contribution in [0.1, 0.15) is 6.23 Å². The van der Waals surface area contributed by atoms with Crippen molar-refractivity contribution in [3.63, 3.8) is 0 Å². The molecule has 0 aliphatic carbocycles. The third-order valence-corrected chi connectivity index (χ3v) is 3.38. The second-order valence-corrected chi connectivity index (χ2v) is 4.58. The van der Waals surface area contributed by atoms with Crippen molar-refractivity contribution in [2.45, 2.75) is 24.5 Å². The maximum atomic E-state index is 9.95. The van der Waals surface area contributed by atoms with E-state index in [2.05, 4.69) is 15.0 Å². The number of fused-ring (bicyclic) bond motifs is 1. The van der Waals surface area contributed by atoms with Crippen LogP contribution in [0, 0.1) is 0 Å². The summed E-state index contributed by atoms with van der Waals surface area (Å²) in [7, 11) is 0. The summed E-state index contributed by atoms with van der Waals surface area (Å²) in [5.74, 6) is 0. The largest absolute Gasteiger partial charge is 0.394 e. The highest BCUT2D eigenvalue weighted by molar-refractivity contribution is 6.33. The van der Waals surface area contributed by atoms with Crippen molar-refractivity contribution in [2.24, 2.45) is 0 Å². The van der Waals surface area contributed by atoms with Crippen LogP contribution in [0.15, 0.2) is 12.7 Å². The molecule has 1 aliphatic rings. The lowest BCUT2D eigenvalue weighted by atomic mass is 10.1. The van der Waals surface area contributed by atoms with Crippen LogP contribution < -0.4 is 0 Å². The van der Waals surface area contributed by atoms with Crippen molar-refractivity contribution < 1.29 is 20.1 Å². The Hall–Kier alpha value is -1.32. The van der Waals surface area contributed by atoms with Crippen LogP contribution in [0.4, 0.5) is 0 Å². The van der Waals surface area contributed by atoms with E-state index in [0.29, 0.717) is 11.2 Å². The molecule has 3 heterocycles. The lowest BCUT2D eigenvalue weighted by Crippen LogP contribution is -2.33. The standard InChI is InChI=1S/C10H11ClN4O4/c11-8-5-9(13-2-12-8)15(3-14-5)10-7(18)6(17)4(1-16)19-10/h2-4,6-7,10,16-18H,1H2/t4-,6+,7?,10-/m0/s1. The number of nitrogens with zero attached hydrogens (tertiary/aromatic N) is 4. The van der Waals surface area contributed by atoms with Gasteiger partial charge in [0.05, 0.1) is 12.9 Å². The molecule has 8 nitrogen and oxygen atoms in total. The Labute approximate surface area is 112 Å². The maximum Gasteiger partial charge on any atom is 0.167 e. The fourth-order valence-electron chi connectivity index (χ4n) is 2.12. The van der Waals surface area contributed by atoms with Crippen molar-refractivity contribution in [1.82, 2.24) is 19.5 Å². The first-order valence-corrected chi connectivity index (χ1v) is 5.96. The molecule has 0 radical (unpaired) electrons. The number of aromatic nitrogens is 4. The van der Waals surface area contributed by atoms with Gasteiger partial charge in [-0.1, -0.05) is 11.6 Å². The fourth-order valence-corrected chi connectivity index (χ4v) is 2.30. The average Bonchev–Trinajstić information content (AvgIpc) is 2.94. The van der Waals surface area contributed by atoms with E-state index in [4.69, 9.17) is 21.4 Å². The molecule has 1 unspecified atom stereocenters. The summed E-state index contributed by atoms with van der Waals surface area (Å²) in [6, 6.07) is 0. The number of aliphatic hydroxyl groups is 3. The quantitative estimate of drug-likeness (QED) is 0.613. The minimum absolute atomic E-state index is 0.190. The Morgan fingerprint density at radius 2 is 2.05 bits per heavy atom. The Morgan fingerprint density at radius 1 is 1.26 bits per heavy atom. The van der Waals surface area contributed by atoms with Crippen molar-refractivity contribution in [1.29, 1.82) is 0 Å². The van der Waals surface area contributed by atoms with Crippen LogP contribution in [0.2, 0.25) is 5.15 Å². The Bertz CT molecular complexity index is 606. The van der Waals surface area contributed by atoms with Crippen molar-refractivity contribution >= 4 is 22.8 Å². The van der Waals surface area contributed by atoms with Gasteiger partial charge < -0.3 is 20.1 Å². The molecule has 1 fully saturated rings. The molecule has 0 bridgehead atoms. The van der Waals surface area contributed by atoms with Gasteiger partial charge in [0.25, 0.3) is 0 Å². The molecule has 0 amide bonds. The van der Waals surface area contributed by atoms with Crippen LogP contribution >= 0.6 is 11.6 Å². The van der Waals surface area contributed by atoms with Crippen LogP contribution in [-0.4, -0.2) is 59.8 Å². The van der Waals surface area contributed by atoms with Crippen LogP contribution in [-0.2, 0) is 4.74 Å². The molecular formula is C10H11ClN4O4. The Kier molecular flexibility index (Phi) is 3.11. The smallest absolute Gasteiger partial charge is 0.167 e. The normalized spacial score (nSPS) is 31.2. The van der Waals surface area contributed by atoms with Gasteiger partial charge in [0.1, 0.15) is 30.2 Å². The van der Waals surface area contributed by atoms with Gasteiger partial charge >= 0.3 is 0 Å². The number of rotatable bonds is 2. The molecule has 3 N–H and O–H groups in total. The summed E-state index contributed by atoms with van der Waals surface area (Å²) in [5, 5.41) is 28.9. The predicted octanol–water partition coefficient (Wildman–Crippen LogP) is -0.909. The molecule has 102 valence electrons. The number of aliphatic hydroxyl groups excluding tert-OH is 3. The second kappa shape index (κ2) is 4.66. The molecule has 2 aromatic rings. The number of imidazole rings is 1. The first kappa shape index (κ1) is 12.7. The molecule has 0 aromatic carbocycles. The van der Waals surface area contributed by atoms with Gasteiger partial charge in [-0.05, 0) is 0 Å². The highest BCUT2D eigenvalue weighted by atomic mass is 35.5. The highest BCUT2D eigenvalue weighted by Gasteiger charge is 2.43.